The Bertz CT molecular complexity index is 2100. The van der Waals surface area contributed by atoms with E-state index in [1.807, 2.05) is 78.9 Å². The molecule has 0 atom stereocenters. The molecule has 0 aliphatic carbocycles. The minimum absolute atomic E-state index is 0. The Morgan fingerprint density at radius 3 is 1.62 bits per heavy atom. The molecule has 8 rings (SSSR count). The van der Waals surface area contributed by atoms with Gasteiger partial charge in [0, 0.05) is 36.6 Å². The van der Waals surface area contributed by atoms with Crippen molar-refractivity contribution in [1.82, 2.24) is 15.0 Å². The smallest absolute Gasteiger partial charge is 0.140 e. The van der Waals surface area contributed by atoms with Crippen LogP contribution in [0.1, 0.15) is 0 Å². The summed E-state index contributed by atoms with van der Waals surface area (Å²) in [6.07, 6.45) is 1.24. The molecule has 42 heavy (non-hydrogen) atoms. The standard InChI is InChI=1S/C19H11FN.C18H12N2.Ir/c20-14-9-10-19(21-12-14)18-11-13-5-1-2-6-15(13)16-7-3-4-8-17(16)18;1-3-7-15-13(5-1)9-11-17(19-15)18-12-10-14-6-2-4-8-16(14)20-18;/h1-10,12H;1-12H;/q-1;;. The molecular weight excluding hydrogens is 698 g/mol. The normalized spacial score (nSPS) is 10.8. The van der Waals surface area contributed by atoms with Crippen LogP contribution in [-0.2, 0) is 20.1 Å². The van der Waals surface area contributed by atoms with E-state index in [0.29, 0.717) is 0 Å². The minimum atomic E-state index is -0.330. The average molecular weight is 721 g/mol. The first-order chi connectivity index (χ1) is 20.2. The van der Waals surface area contributed by atoms with Gasteiger partial charge in [-0.15, -0.1) is 17.5 Å². The number of aromatic nitrogens is 3. The molecule has 3 nitrogen and oxygen atoms in total. The van der Waals surface area contributed by atoms with E-state index >= 15 is 0 Å². The summed E-state index contributed by atoms with van der Waals surface area (Å²) in [6, 6.07) is 47.4. The number of fused-ring (bicyclic) bond motifs is 5. The molecule has 0 spiro atoms. The first kappa shape index (κ1) is 27.3. The van der Waals surface area contributed by atoms with Crippen LogP contribution in [0.4, 0.5) is 4.39 Å². The van der Waals surface area contributed by atoms with E-state index in [4.69, 9.17) is 0 Å². The van der Waals surface area contributed by atoms with Gasteiger partial charge in [-0.1, -0.05) is 119 Å². The summed E-state index contributed by atoms with van der Waals surface area (Å²) >= 11 is 0. The maximum atomic E-state index is 13.1. The number of nitrogens with zero attached hydrogens (tertiary/aromatic N) is 3. The molecule has 0 saturated heterocycles. The quantitative estimate of drug-likeness (QED) is 0.132. The summed E-state index contributed by atoms with van der Waals surface area (Å²) in [6.45, 7) is 0. The first-order valence-electron chi connectivity index (χ1n) is 13.4. The molecule has 0 bridgehead atoms. The summed E-state index contributed by atoms with van der Waals surface area (Å²) in [5.74, 6) is -0.330. The van der Waals surface area contributed by atoms with Crippen LogP contribution in [0.5, 0.6) is 0 Å². The second kappa shape index (κ2) is 12.0. The largest absolute Gasteiger partial charge is 0.292 e. The molecule has 3 heterocycles. The monoisotopic (exact) mass is 721 g/mol. The van der Waals surface area contributed by atoms with Crippen molar-refractivity contribution in [1.29, 1.82) is 0 Å². The number of halogens is 1. The number of para-hydroxylation sites is 2. The Hall–Kier alpha value is -4.83. The Morgan fingerprint density at radius 2 is 1.00 bits per heavy atom. The Labute approximate surface area is 256 Å². The number of benzene rings is 5. The molecule has 0 saturated carbocycles. The van der Waals surface area contributed by atoms with Gasteiger partial charge >= 0.3 is 0 Å². The van der Waals surface area contributed by atoms with Crippen molar-refractivity contribution in [3.8, 4) is 22.6 Å². The van der Waals surface area contributed by atoms with Crippen molar-refractivity contribution >= 4 is 43.4 Å². The van der Waals surface area contributed by atoms with Crippen LogP contribution in [0, 0.1) is 11.9 Å². The van der Waals surface area contributed by atoms with Gasteiger partial charge in [0.25, 0.3) is 0 Å². The van der Waals surface area contributed by atoms with Gasteiger partial charge in [-0.3, -0.25) is 4.98 Å². The minimum Gasteiger partial charge on any atom is -0.292 e. The van der Waals surface area contributed by atoms with Crippen molar-refractivity contribution < 1.29 is 24.5 Å². The van der Waals surface area contributed by atoms with Gasteiger partial charge in [-0.05, 0) is 30.3 Å². The predicted molar refractivity (Wildman–Crippen MR) is 166 cm³/mol. The van der Waals surface area contributed by atoms with Gasteiger partial charge < -0.3 is 0 Å². The second-order valence-electron chi connectivity index (χ2n) is 9.73. The fourth-order valence-electron chi connectivity index (χ4n) is 5.11. The van der Waals surface area contributed by atoms with Crippen LogP contribution in [0.25, 0.3) is 66.0 Å². The average Bonchev–Trinajstić information content (AvgIpc) is 3.05. The predicted octanol–water partition coefficient (Wildman–Crippen LogP) is 9.44. The van der Waals surface area contributed by atoms with Crippen molar-refractivity contribution in [2.45, 2.75) is 0 Å². The van der Waals surface area contributed by atoms with Gasteiger partial charge in [-0.25, -0.2) is 14.4 Å². The molecule has 0 fully saturated rings. The maximum absolute atomic E-state index is 13.1. The zero-order chi connectivity index (χ0) is 27.6. The van der Waals surface area contributed by atoms with Crippen molar-refractivity contribution in [3.05, 3.63) is 152 Å². The maximum Gasteiger partial charge on any atom is 0.140 e. The van der Waals surface area contributed by atoms with Crippen LogP contribution in [0.15, 0.2) is 140 Å². The molecule has 203 valence electrons. The van der Waals surface area contributed by atoms with Crippen LogP contribution >= 0.6 is 0 Å². The zero-order valence-electron chi connectivity index (χ0n) is 22.3. The number of hydrogen-bond acceptors (Lipinski definition) is 3. The van der Waals surface area contributed by atoms with Gasteiger partial charge in [-0.2, -0.15) is 0 Å². The molecule has 5 heteroatoms. The van der Waals surface area contributed by atoms with E-state index in [1.54, 1.807) is 6.07 Å². The van der Waals surface area contributed by atoms with E-state index in [-0.39, 0.29) is 25.9 Å². The second-order valence-corrected chi connectivity index (χ2v) is 9.73. The molecule has 5 aromatic carbocycles. The molecule has 0 amide bonds. The molecule has 1 radical (unpaired) electrons. The molecule has 0 aliphatic rings. The van der Waals surface area contributed by atoms with E-state index in [2.05, 4.69) is 63.5 Å². The third-order valence-electron chi connectivity index (χ3n) is 7.12. The summed E-state index contributed by atoms with van der Waals surface area (Å²) in [5, 5.41) is 6.74. The Balaban J connectivity index is 0.000000147. The molecule has 0 N–H and O–H groups in total. The molecule has 3 aromatic heterocycles. The van der Waals surface area contributed by atoms with Crippen molar-refractivity contribution in [3.63, 3.8) is 0 Å². The zero-order valence-corrected chi connectivity index (χ0v) is 24.7. The van der Waals surface area contributed by atoms with Crippen LogP contribution in [0.2, 0.25) is 0 Å². The number of pyridine rings is 3. The summed E-state index contributed by atoms with van der Waals surface area (Å²) < 4.78 is 13.1. The first-order valence-corrected chi connectivity index (χ1v) is 13.4. The molecule has 8 aromatic rings. The van der Waals surface area contributed by atoms with Gasteiger partial charge in [0.2, 0.25) is 0 Å². The third-order valence-corrected chi connectivity index (χ3v) is 7.12. The van der Waals surface area contributed by atoms with Crippen LogP contribution < -0.4 is 0 Å². The van der Waals surface area contributed by atoms with Gasteiger partial charge in [0.15, 0.2) is 0 Å². The van der Waals surface area contributed by atoms with Gasteiger partial charge in [0.1, 0.15) is 5.82 Å². The SMILES string of the molecule is Fc1ccc(-c2[c-]c3ccccc3c3ccccc23)nc1.[Ir].c1ccc2nc(-c3ccc4ccccc4n3)ccc2c1. The van der Waals surface area contributed by atoms with E-state index in [9.17, 15) is 4.39 Å². The van der Waals surface area contributed by atoms with E-state index in [0.717, 1.165) is 60.6 Å². The Morgan fingerprint density at radius 1 is 0.476 bits per heavy atom. The van der Waals surface area contributed by atoms with Crippen LogP contribution in [-0.4, -0.2) is 15.0 Å². The van der Waals surface area contributed by atoms with E-state index < -0.39 is 0 Å². The summed E-state index contributed by atoms with van der Waals surface area (Å²) in [4.78, 5) is 13.6. The number of hydrogen-bond donors (Lipinski definition) is 0. The Kier molecular flexibility index (Phi) is 7.78. The van der Waals surface area contributed by atoms with Gasteiger partial charge in [0.05, 0.1) is 28.6 Å². The molecule has 0 unspecified atom stereocenters. The topological polar surface area (TPSA) is 38.7 Å². The fraction of sp³-hybridized carbons (Fsp3) is 0. The fourth-order valence-corrected chi connectivity index (χ4v) is 5.11. The molecular formula is C37H23FIrN3-. The van der Waals surface area contributed by atoms with Crippen molar-refractivity contribution in [2.24, 2.45) is 0 Å². The van der Waals surface area contributed by atoms with Crippen LogP contribution in [0.3, 0.4) is 0 Å². The molecule has 0 aliphatic heterocycles. The van der Waals surface area contributed by atoms with E-state index in [1.165, 1.54) is 17.6 Å². The summed E-state index contributed by atoms with van der Waals surface area (Å²) in [7, 11) is 0. The van der Waals surface area contributed by atoms with Crippen molar-refractivity contribution in [2.75, 3.05) is 0 Å². The number of rotatable bonds is 2. The third kappa shape index (κ3) is 5.40. The summed E-state index contributed by atoms with van der Waals surface area (Å²) in [5.41, 5.74) is 5.46.